The van der Waals surface area contributed by atoms with Crippen molar-refractivity contribution >= 4 is 55.2 Å². The smallest absolute Gasteiger partial charge is 0.136 e. The number of hydrogen-bond donors (Lipinski definition) is 0. The van der Waals surface area contributed by atoms with Crippen molar-refractivity contribution in [1.29, 1.82) is 0 Å². The number of furan rings is 2. The van der Waals surface area contributed by atoms with Gasteiger partial charge in [-0.25, -0.2) is 0 Å². The van der Waals surface area contributed by atoms with Crippen molar-refractivity contribution in [1.82, 2.24) is 0 Å². The number of rotatable bonds is 2. The first kappa shape index (κ1) is 21.2. The van der Waals surface area contributed by atoms with E-state index in [1.807, 2.05) is 23.9 Å². The van der Waals surface area contributed by atoms with E-state index in [1.165, 1.54) is 42.5 Å². The van der Waals surface area contributed by atoms with Crippen LogP contribution in [-0.2, 0) is 0 Å². The van der Waals surface area contributed by atoms with E-state index in [0.717, 1.165) is 44.6 Å². The van der Waals surface area contributed by atoms with Crippen molar-refractivity contribution in [2.75, 3.05) is 0 Å². The second kappa shape index (κ2) is 7.89. The summed E-state index contributed by atoms with van der Waals surface area (Å²) in [5.74, 6) is 1.70. The van der Waals surface area contributed by atoms with Gasteiger partial charge in [0.15, 0.2) is 0 Å². The minimum atomic E-state index is 0.839. The van der Waals surface area contributed by atoms with Crippen molar-refractivity contribution in [2.24, 2.45) is 0 Å². The van der Waals surface area contributed by atoms with E-state index in [9.17, 15) is 0 Å². The van der Waals surface area contributed by atoms with E-state index >= 15 is 0 Å². The van der Waals surface area contributed by atoms with Gasteiger partial charge in [-0.15, -0.1) is 0 Å². The second-order valence-corrected chi connectivity index (χ2v) is 11.2. The molecule has 1 aliphatic rings. The van der Waals surface area contributed by atoms with E-state index in [2.05, 4.69) is 109 Å². The molecule has 2 nitrogen and oxygen atoms in total. The maximum atomic E-state index is 6.55. The molecule has 0 fully saturated rings. The molecule has 9 rings (SSSR count). The van der Waals surface area contributed by atoms with Gasteiger partial charge in [0.25, 0.3) is 0 Å². The van der Waals surface area contributed by atoms with Gasteiger partial charge in [-0.3, -0.25) is 0 Å². The molecule has 1 aliphatic heterocycles. The first-order chi connectivity index (χ1) is 19.3. The van der Waals surface area contributed by atoms with Crippen molar-refractivity contribution in [3.63, 3.8) is 0 Å². The van der Waals surface area contributed by atoms with Crippen molar-refractivity contribution < 1.29 is 8.83 Å². The van der Waals surface area contributed by atoms with Gasteiger partial charge in [0.1, 0.15) is 22.7 Å². The standard InChI is InChI=1S/C36H20O2S/c1-2-7-23-20-32-28(18-22(23)6-1)36-26(11-5-12-31(36)38-32)30-16-15-29(37-30)24-14-17-33-27(19-24)25-10-3-8-21-9-4-13-34(39-33)35(21)25/h1-20H. The predicted octanol–water partition coefficient (Wildman–Crippen LogP) is 11.0. The Hall–Kier alpha value is -4.73. The van der Waals surface area contributed by atoms with Crippen LogP contribution in [-0.4, -0.2) is 0 Å². The molecule has 0 atom stereocenters. The summed E-state index contributed by atoms with van der Waals surface area (Å²) in [6, 6.07) is 42.9. The van der Waals surface area contributed by atoms with Crippen molar-refractivity contribution in [3.8, 4) is 33.8 Å². The van der Waals surface area contributed by atoms with Crippen LogP contribution in [0.5, 0.6) is 0 Å². The fourth-order valence-electron chi connectivity index (χ4n) is 6.07. The van der Waals surface area contributed by atoms with Crippen molar-refractivity contribution in [3.05, 3.63) is 121 Å². The lowest BCUT2D eigenvalue weighted by atomic mass is 9.96. The topological polar surface area (TPSA) is 26.3 Å². The van der Waals surface area contributed by atoms with Crippen LogP contribution in [0.4, 0.5) is 0 Å². The molecule has 0 spiro atoms. The van der Waals surface area contributed by atoms with Crippen LogP contribution in [0.1, 0.15) is 0 Å². The minimum absolute atomic E-state index is 0.839. The number of benzene rings is 6. The Morgan fingerprint density at radius 1 is 0.436 bits per heavy atom. The van der Waals surface area contributed by atoms with Crippen LogP contribution < -0.4 is 0 Å². The van der Waals surface area contributed by atoms with Crippen molar-refractivity contribution in [2.45, 2.75) is 9.79 Å². The molecular formula is C36H20O2S. The van der Waals surface area contributed by atoms with Crippen LogP contribution in [0.25, 0.3) is 77.3 Å². The van der Waals surface area contributed by atoms with Crippen LogP contribution in [0.3, 0.4) is 0 Å². The van der Waals surface area contributed by atoms with E-state index in [1.54, 1.807) is 0 Å². The van der Waals surface area contributed by atoms with Gasteiger partial charge in [0.2, 0.25) is 0 Å². The normalized spacial score (nSPS) is 12.5. The quantitative estimate of drug-likeness (QED) is 0.229. The van der Waals surface area contributed by atoms with Gasteiger partial charge >= 0.3 is 0 Å². The zero-order chi connectivity index (χ0) is 25.5. The summed E-state index contributed by atoms with van der Waals surface area (Å²) in [6.07, 6.45) is 0. The van der Waals surface area contributed by atoms with E-state index in [-0.39, 0.29) is 0 Å². The van der Waals surface area contributed by atoms with Crippen LogP contribution in [0.15, 0.2) is 140 Å². The SMILES string of the molecule is c1ccc2cc3c(cc2c1)oc1cccc(-c2ccc(-c4ccc5c(c4)-c4cccc6cccc(c46)S5)o2)c13. The van der Waals surface area contributed by atoms with Gasteiger partial charge in [-0.05, 0) is 75.8 Å². The molecular weight excluding hydrogens is 496 g/mol. The Kier molecular flexibility index (Phi) is 4.29. The van der Waals surface area contributed by atoms with Crippen LogP contribution in [0.2, 0.25) is 0 Å². The molecule has 2 aromatic heterocycles. The first-order valence-electron chi connectivity index (χ1n) is 13.1. The minimum Gasteiger partial charge on any atom is -0.456 e. The summed E-state index contributed by atoms with van der Waals surface area (Å²) < 4.78 is 12.8. The van der Waals surface area contributed by atoms with Gasteiger partial charge in [-0.1, -0.05) is 84.6 Å². The summed E-state index contributed by atoms with van der Waals surface area (Å²) in [5, 5.41) is 7.18. The Balaban J connectivity index is 1.19. The molecule has 6 aromatic carbocycles. The maximum absolute atomic E-state index is 6.55. The molecule has 0 amide bonds. The highest BCUT2D eigenvalue weighted by Crippen LogP contribution is 2.49. The zero-order valence-electron chi connectivity index (χ0n) is 20.8. The van der Waals surface area contributed by atoms with Crippen LogP contribution >= 0.6 is 11.8 Å². The molecule has 0 unspecified atom stereocenters. The van der Waals surface area contributed by atoms with Gasteiger partial charge < -0.3 is 8.83 Å². The summed E-state index contributed by atoms with van der Waals surface area (Å²) in [6.45, 7) is 0. The second-order valence-electron chi connectivity index (χ2n) is 10.1. The molecule has 8 aromatic rings. The molecule has 3 heteroatoms. The Morgan fingerprint density at radius 3 is 2.13 bits per heavy atom. The molecule has 0 aliphatic carbocycles. The molecule has 0 N–H and O–H groups in total. The Labute approximate surface area is 228 Å². The predicted molar refractivity (Wildman–Crippen MR) is 161 cm³/mol. The molecule has 0 radical (unpaired) electrons. The fraction of sp³-hybridized carbons (Fsp3) is 0. The van der Waals surface area contributed by atoms with Crippen LogP contribution in [0, 0.1) is 0 Å². The van der Waals surface area contributed by atoms with E-state index in [0.29, 0.717) is 0 Å². The van der Waals surface area contributed by atoms with Gasteiger partial charge in [0.05, 0.1) is 0 Å². The average Bonchev–Trinajstić information content (AvgIpc) is 3.61. The zero-order valence-corrected chi connectivity index (χ0v) is 21.6. The third kappa shape index (κ3) is 3.11. The molecule has 3 heterocycles. The lowest BCUT2D eigenvalue weighted by Crippen LogP contribution is -1.93. The lowest BCUT2D eigenvalue weighted by molar-refractivity contribution is 0.598. The highest BCUT2D eigenvalue weighted by Gasteiger charge is 2.21. The molecule has 0 saturated carbocycles. The van der Waals surface area contributed by atoms with E-state index < -0.39 is 0 Å². The summed E-state index contributed by atoms with van der Waals surface area (Å²) >= 11 is 1.84. The summed E-state index contributed by atoms with van der Waals surface area (Å²) in [5.41, 5.74) is 6.42. The Bertz CT molecular complexity index is 2260. The lowest BCUT2D eigenvalue weighted by Gasteiger charge is -2.20. The number of hydrogen-bond acceptors (Lipinski definition) is 3. The van der Waals surface area contributed by atoms with E-state index in [4.69, 9.17) is 8.83 Å². The Morgan fingerprint density at radius 2 is 1.21 bits per heavy atom. The first-order valence-corrected chi connectivity index (χ1v) is 13.9. The third-order valence-corrected chi connectivity index (χ3v) is 9.01. The fourth-order valence-corrected chi connectivity index (χ4v) is 7.20. The molecule has 182 valence electrons. The molecule has 0 saturated heterocycles. The largest absolute Gasteiger partial charge is 0.456 e. The molecule has 0 bridgehead atoms. The van der Waals surface area contributed by atoms with Gasteiger partial charge in [-0.2, -0.15) is 0 Å². The average molecular weight is 517 g/mol. The monoisotopic (exact) mass is 516 g/mol. The summed E-state index contributed by atoms with van der Waals surface area (Å²) in [7, 11) is 0. The molecule has 39 heavy (non-hydrogen) atoms. The maximum Gasteiger partial charge on any atom is 0.136 e. The highest BCUT2D eigenvalue weighted by atomic mass is 32.2. The third-order valence-electron chi connectivity index (χ3n) is 7.88. The number of fused-ring (bicyclic) bond motifs is 6. The van der Waals surface area contributed by atoms with Gasteiger partial charge in [0, 0.05) is 37.1 Å². The summed E-state index contributed by atoms with van der Waals surface area (Å²) in [4.78, 5) is 2.59. The highest BCUT2D eigenvalue weighted by molar-refractivity contribution is 7.99.